The van der Waals surface area contributed by atoms with Gasteiger partial charge in [0.25, 0.3) is 0 Å². The van der Waals surface area contributed by atoms with Gasteiger partial charge in [-0.2, -0.15) is 0 Å². The van der Waals surface area contributed by atoms with Crippen molar-refractivity contribution in [1.82, 2.24) is 0 Å². The zero-order valence-corrected chi connectivity index (χ0v) is 18.3. The maximum atomic E-state index is 5.46. The van der Waals surface area contributed by atoms with Gasteiger partial charge in [-0.1, -0.05) is 111 Å². The molecular formula is C29H33N. The first-order valence-corrected chi connectivity index (χ1v) is 10.5. The molecule has 1 heteroatoms. The number of aryl methyl sites for hydroxylation is 1. The van der Waals surface area contributed by atoms with E-state index in [9.17, 15) is 0 Å². The average Bonchev–Trinajstić information content (AvgIpc) is 2.77. The minimum atomic E-state index is 0.561. The number of benzene rings is 2. The van der Waals surface area contributed by atoms with Gasteiger partial charge in [0.1, 0.15) is 0 Å². The van der Waals surface area contributed by atoms with Crippen molar-refractivity contribution in [3.63, 3.8) is 0 Å². The zero-order chi connectivity index (χ0) is 21.8. The minimum Gasteiger partial charge on any atom is -0.327 e. The average molecular weight is 396 g/mol. The number of hydrogen-bond acceptors (Lipinski definition) is 1. The van der Waals surface area contributed by atoms with E-state index in [1.54, 1.807) is 0 Å². The highest BCUT2D eigenvalue weighted by molar-refractivity contribution is 5.89. The molecule has 0 aromatic heterocycles. The number of rotatable bonds is 10. The van der Waals surface area contributed by atoms with E-state index in [0.717, 1.165) is 29.6 Å². The second kappa shape index (κ2) is 12.4. The molecule has 0 bridgehead atoms. The molecule has 0 aliphatic rings. The van der Waals surface area contributed by atoms with Crippen molar-refractivity contribution in [1.29, 1.82) is 0 Å². The van der Waals surface area contributed by atoms with Crippen molar-refractivity contribution in [2.24, 2.45) is 5.73 Å². The smallest absolute Gasteiger partial charge is 0.0109 e. The summed E-state index contributed by atoms with van der Waals surface area (Å²) >= 11 is 0. The van der Waals surface area contributed by atoms with Crippen molar-refractivity contribution in [3.05, 3.63) is 138 Å². The summed E-state index contributed by atoms with van der Waals surface area (Å²) in [4.78, 5) is 0. The van der Waals surface area contributed by atoms with Crippen LogP contribution in [-0.4, -0.2) is 6.54 Å². The van der Waals surface area contributed by atoms with Crippen LogP contribution < -0.4 is 5.73 Å². The van der Waals surface area contributed by atoms with Crippen LogP contribution in [0.3, 0.4) is 0 Å². The molecule has 2 N–H and O–H groups in total. The summed E-state index contributed by atoms with van der Waals surface area (Å²) in [5.41, 5.74) is 13.5. The molecule has 0 radical (unpaired) electrons. The fourth-order valence-corrected chi connectivity index (χ4v) is 3.32. The summed E-state index contributed by atoms with van der Waals surface area (Å²) in [6, 6.07) is 19.0. The lowest BCUT2D eigenvalue weighted by atomic mass is 9.84. The quantitative estimate of drug-likeness (QED) is 0.418. The summed E-state index contributed by atoms with van der Waals surface area (Å²) in [6.45, 7) is 13.7. The van der Waals surface area contributed by atoms with E-state index in [1.807, 2.05) is 24.3 Å². The van der Waals surface area contributed by atoms with E-state index in [4.69, 9.17) is 5.73 Å². The van der Waals surface area contributed by atoms with Gasteiger partial charge in [0, 0.05) is 6.54 Å². The number of allylic oxidation sites excluding steroid dienone is 8. The van der Waals surface area contributed by atoms with Gasteiger partial charge in [-0.15, -0.1) is 0 Å². The van der Waals surface area contributed by atoms with Crippen LogP contribution in [0.2, 0.25) is 0 Å². The molecule has 0 saturated heterocycles. The van der Waals surface area contributed by atoms with Crippen LogP contribution in [0.5, 0.6) is 0 Å². The molecule has 2 aromatic carbocycles. The second-order valence-electron chi connectivity index (χ2n) is 7.14. The SMILES string of the molecule is C=C(/C=C/C/C=C\C=C/CN)/C(C(=C)CC)=C(\c1ccccc1)c1ccccc1C. The molecule has 0 spiro atoms. The largest absolute Gasteiger partial charge is 0.327 e. The molecule has 2 rings (SSSR count). The number of nitrogens with two attached hydrogens (primary N) is 1. The second-order valence-corrected chi connectivity index (χ2v) is 7.14. The lowest BCUT2D eigenvalue weighted by Gasteiger charge is -2.20. The summed E-state index contributed by atoms with van der Waals surface area (Å²) < 4.78 is 0. The van der Waals surface area contributed by atoms with Gasteiger partial charge in [-0.05, 0) is 58.7 Å². The van der Waals surface area contributed by atoms with Crippen LogP contribution in [0.25, 0.3) is 5.57 Å². The van der Waals surface area contributed by atoms with Gasteiger partial charge < -0.3 is 5.73 Å². The molecular weight excluding hydrogens is 362 g/mol. The molecule has 0 fully saturated rings. The van der Waals surface area contributed by atoms with E-state index >= 15 is 0 Å². The van der Waals surface area contributed by atoms with Crippen LogP contribution >= 0.6 is 0 Å². The predicted molar refractivity (Wildman–Crippen MR) is 133 cm³/mol. The Morgan fingerprint density at radius 1 is 0.900 bits per heavy atom. The summed E-state index contributed by atoms with van der Waals surface area (Å²) in [7, 11) is 0. The van der Waals surface area contributed by atoms with Crippen molar-refractivity contribution in [3.8, 4) is 0 Å². The third-order valence-electron chi connectivity index (χ3n) is 4.94. The van der Waals surface area contributed by atoms with Gasteiger partial charge in [0.2, 0.25) is 0 Å². The van der Waals surface area contributed by atoms with Crippen LogP contribution in [-0.2, 0) is 0 Å². The molecule has 30 heavy (non-hydrogen) atoms. The first kappa shape index (κ1) is 23.1. The first-order chi connectivity index (χ1) is 14.6. The monoisotopic (exact) mass is 395 g/mol. The van der Waals surface area contributed by atoms with Gasteiger partial charge in [-0.25, -0.2) is 0 Å². The Hall–Kier alpha value is -3.16. The third kappa shape index (κ3) is 6.43. The first-order valence-electron chi connectivity index (χ1n) is 10.5. The summed E-state index contributed by atoms with van der Waals surface area (Å²) in [6.07, 6.45) is 14.0. The molecule has 0 heterocycles. The Bertz CT molecular complexity index is 968. The summed E-state index contributed by atoms with van der Waals surface area (Å²) in [5.74, 6) is 0. The van der Waals surface area contributed by atoms with Crippen LogP contribution in [0.15, 0.2) is 121 Å². The Labute approximate surface area is 182 Å². The molecule has 154 valence electrons. The molecule has 0 unspecified atom stereocenters. The van der Waals surface area contributed by atoms with Crippen LogP contribution in [0.1, 0.15) is 36.5 Å². The van der Waals surface area contributed by atoms with Gasteiger partial charge >= 0.3 is 0 Å². The number of hydrogen-bond donors (Lipinski definition) is 1. The highest BCUT2D eigenvalue weighted by Gasteiger charge is 2.16. The Kier molecular flexibility index (Phi) is 9.57. The van der Waals surface area contributed by atoms with Gasteiger partial charge in [-0.3, -0.25) is 0 Å². The maximum Gasteiger partial charge on any atom is 0.0109 e. The molecule has 0 aliphatic heterocycles. The highest BCUT2D eigenvalue weighted by Crippen LogP contribution is 2.36. The van der Waals surface area contributed by atoms with Crippen molar-refractivity contribution < 1.29 is 0 Å². The van der Waals surface area contributed by atoms with Crippen molar-refractivity contribution in [2.45, 2.75) is 26.7 Å². The molecule has 0 amide bonds. The zero-order valence-electron chi connectivity index (χ0n) is 18.3. The van der Waals surface area contributed by atoms with Gasteiger partial charge in [0.05, 0.1) is 0 Å². The molecule has 0 aliphatic carbocycles. The predicted octanol–water partition coefficient (Wildman–Crippen LogP) is 7.34. The summed E-state index contributed by atoms with van der Waals surface area (Å²) in [5, 5.41) is 0. The maximum absolute atomic E-state index is 5.46. The fraction of sp³-hybridized carbons (Fsp3) is 0.172. The van der Waals surface area contributed by atoms with Crippen molar-refractivity contribution >= 4 is 5.57 Å². The highest BCUT2D eigenvalue weighted by atomic mass is 14.5. The normalized spacial score (nSPS) is 12.6. The minimum absolute atomic E-state index is 0.561. The van der Waals surface area contributed by atoms with Crippen LogP contribution in [0, 0.1) is 6.92 Å². The molecule has 0 atom stereocenters. The molecule has 1 nitrogen and oxygen atoms in total. The van der Waals surface area contributed by atoms with E-state index in [-0.39, 0.29) is 0 Å². The fourth-order valence-electron chi connectivity index (χ4n) is 3.32. The Balaban J connectivity index is 2.53. The van der Waals surface area contributed by atoms with E-state index < -0.39 is 0 Å². The standard InChI is InChI=1S/C29H33N/c1-5-23(2)28(25(4)18-11-8-6-7-9-16-22-30)29(26-19-12-10-13-20-26)27-21-15-14-17-24(27)3/h6-7,9-21H,2,4-5,8,22,30H2,1,3H3/b7-6-,16-9-,18-11+,29-28+. The van der Waals surface area contributed by atoms with Crippen LogP contribution in [0.4, 0.5) is 0 Å². The third-order valence-corrected chi connectivity index (χ3v) is 4.94. The van der Waals surface area contributed by atoms with Gasteiger partial charge in [0.15, 0.2) is 0 Å². The van der Waals surface area contributed by atoms with E-state index in [1.165, 1.54) is 22.3 Å². The molecule has 0 saturated carbocycles. The topological polar surface area (TPSA) is 26.0 Å². The lowest BCUT2D eigenvalue weighted by molar-refractivity contribution is 1.12. The van der Waals surface area contributed by atoms with Crippen molar-refractivity contribution in [2.75, 3.05) is 6.54 Å². The van der Waals surface area contributed by atoms with E-state index in [0.29, 0.717) is 6.54 Å². The molecule has 2 aromatic rings. The van der Waals surface area contributed by atoms with E-state index in [2.05, 4.69) is 93.8 Å². The lowest BCUT2D eigenvalue weighted by Crippen LogP contribution is -2.01. The Morgan fingerprint density at radius 3 is 2.23 bits per heavy atom. The Morgan fingerprint density at radius 2 is 1.57 bits per heavy atom.